The third-order valence-electron chi connectivity index (χ3n) is 2.25. The zero-order valence-corrected chi connectivity index (χ0v) is 10.4. The molecule has 0 radical (unpaired) electrons. The van der Waals surface area contributed by atoms with Crippen molar-refractivity contribution in [2.75, 3.05) is 13.7 Å². The van der Waals surface area contributed by atoms with Crippen molar-refractivity contribution in [3.05, 3.63) is 45.8 Å². The van der Waals surface area contributed by atoms with Gasteiger partial charge in [-0.3, -0.25) is 10.1 Å². The lowest BCUT2D eigenvalue weighted by molar-refractivity contribution is -0.386. The molecule has 0 saturated heterocycles. The van der Waals surface area contributed by atoms with Gasteiger partial charge in [0.05, 0.1) is 18.1 Å². The van der Waals surface area contributed by atoms with Crippen molar-refractivity contribution in [2.24, 2.45) is 0 Å². The van der Waals surface area contributed by atoms with Gasteiger partial charge in [0.1, 0.15) is 12.4 Å². The van der Waals surface area contributed by atoms with Crippen LogP contribution in [0.25, 0.3) is 0 Å². The number of nitro groups is 1. The normalized spacial score (nSPS) is 11.0. The van der Waals surface area contributed by atoms with Crippen LogP contribution in [-0.2, 0) is 9.53 Å². The lowest BCUT2D eigenvalue weighted by Crippen LogP contribution is -2.04. The molecule has 1 aromatic rings. The molecule has 6 nitrogen and oxygen atoms in total. The number of hydrogen-bond acceptors (Lipinski definition) is 5. The number of methoxy groups -OCH3 is 1. The molecule has 102 valence electrons. The van der Waals surface area contributed by atoms with E-state index in [1.165, 1.54) is 20.1 Å². The van der Waals surface area contributed by atoms with E-state index in [0.29, 0.717) is 5.57 Å². The van der Waals surface area contributed by atoms with Crippen molar-refractivity contribution >= 4 is 11.7 Å². The summed E-state index contributed by atoms with van der Waals surface area (Å²) in [5.41, 5.74) is -0.156. The third-order valence-corrected chi connectivity index (χ3v) is 2.25. The first-order valence-electron chi connectivity index (χ1n) is 5.27. The van der Waals surface area contributed by atoms with Crippen molar-refractivity contribution in [1.29, 1.82) is 0 Å². The van der Waals surface area contributed by atoms with Crippen molar-refractivity contribution in [1.82, 2.24) is 0 Å². The van der Waals surface area contributed by atoms with Crippen LogP contribution >= 0.6 is 0 Å². The van der Waals surface area contributed by atoms with Crippen molar-refractivity contribution in [3.8, 4) is 5.75 Å². The Balaban J connectivity index is 2.79. The third kappa shape index (κ3) is 4.06. The molecule has 0 bridgehead atoms. The zero-order chi connectivity index (χ0) is 14.4. The van der Waals surface area contributed by atoms with Crippen LogP contribution < -0.4 is 4.74 Å². The van der Waals surface area contributed by atoms with Gasteiger partial charge in [-0.25, -0.2) is 9.18 Å². The minimum atomic E-state index is -0.741. The summed E-state index contributed by atoms with van der Waals surface area (Å²) in [6.45, 7) is 1.46. The number of ether oxygens (including phenoxy) is 2. The Morgan fingerprint density at radius 3 is 2.79 bits per heavy atom. The minimum Gasteiger partial charge on any atom is -0.483 e. The average molecular weight is 269 g/mol. The molecule has 19 heavy (non-hydrogen) atoms. The highest BCUT2D eigenvalue weighted by Crippen LogP contribution is 2.27. The van der Waals surface area contributed by atoms with Crippen LogP contribution in [0.5, 0.6) is 5.75 Å². The lowest BCUT2D eigenvalue weighted by Gasteiger charge is -2.05. The second kappa shape index (κ2) is 6.48. The number of carbonyl (C=O) groups is 1. The first-order chi connectivity index (χ1) is 8.95. The van der Waals surface area contributed by atoms with E-state index in [1.54, 1.807) is 0 Å². The number of esters is 1. The molecular formula is C12H12FNO5. The van der Waals surface area contributed by atoms with Crippen LogP contribution in [0.3, 0.4) is 0 Å². The Kier molecular flexibility index (Phi) is 4.99. The molecule has 0 atom stereocenters. The highest BCUT2D eigenvalue weighted by molar-refractivity contribution is 5.87. The summed E-state index contributed by atoms with van der Waals surface area (Å²) >= 11 is 0. The van der Waals surface area contributed by atoms with E-state index in [-0.39, 0.29) is 12.4 Å². The summed E-state index contributed by atoms with van der Waals surface area (Å²) in [5, 5.41) is 10.7. The number of hydrogen-bond donors (Lipinski definition) is 0. The van der Waals surface area contributed by atoms with E-state index < -0.39 is 22.4 Å². The largest absolute Gasteiger partial charge is 0.483 e. The van der Waals surface area contributed by atoms with Crippen molar-refractivity contribution in [2.45, 2.75) is 6.92 Å². The second-order valence-electron chi connectivity index (χ2n) is 3.56. The minimum absolute atomic E-state index is 0.0621. The summed E-state index contributed by atoms with van der Waals surface area (Å²) in [6.07, 6.45) is 1.42. The molecule has 0 spiro atoms. The Morgan fingerprint density at radius 1 is 1.53 bits per heavy atom. The van der Waals surface area contributed by atoms with Gasteiger partial charge in [0.25, 0.3) is 0 Å². The first-order valence-corrected chi connectivity index (χ1v) is 5.27. The van der Waals surface area contributed by atoms with Crippen LogP contribution in [0.4, 0.5) is 10.1 Å². The Hall–Kier alpha value is -2.44. The van der Waals surface area contributed by atoms with Crippen LogP contribution in [-0.4, -0.2) is 24.6 Å². The molecule has 0 aromatic heterocycles. The van der Waals surface area contributed by atoms with Gasteiger partial charge in [-0.1, -0.05) is 0 Å². The van der Waals surface area contributed by atoms with Gasteiger partial charge in [0, 0.05) is 5.57 Å². The van der Waals surface area contributed by atoms with Gasteiger partial charge in [-0.05, 0) is 25.1 Å². The van der Waals surface area contributed by atoms with Crippen LogP contribution in [0.15, 0.2) is 29.8 Å². The maximum absolute atomic E-state index is 12.9. The standard InChI is InChI=1S/C12H12FNO5/c1-8(12(15)18-2)5-6-19-11-4-3-9(13)7-10(11)14(16)17/h3-5,7H,6H2,1-2H3. The topological polar surface area (TPSA) is 78.7 Å². The molecule has 0 fully saturated rings. The number of rotatable bonds is 5. The Bertz CT molecular complexity index is 527. The van der Waals surface area contributed by atoms with Crippen molar-refractivity contribution in [3.63, 3.8) is 0 Å². The smallest absolute Gasteiger partial charge is 0.333 e. The molecule has 0 aliphatic rings. The summed E-state index contributed by atoms with van der Waals surface area (Å²) in [7, 11) is 1.24. The number of nitrogens with zero attached hydrogens (tertiary/aromatic N) is 1. The molecule has 0 aliphatic carbocycles. The van der Waals surface area contributed by atoms with Crippen LogP contribution in [0.1, 0.15) is 6.92 Å². The lowest BCUT2D eigenvalue weighted by atomic mass is 10.3. The molecule has 1 aromatic carbocycles. The number of halogens is 1. The average Bonchev–Trinajstić information content (AvgIpc) is 2.38. The quantitative estimate of drug-likeness (QED) is 0.354. The molecule has 7 heteroatoms. The van der Waals surface area contributed by atoms with Crippen molar-refractivity contribution < 1.29 is 23.6 Å². The highest BCUT2D eigenvalue weighted by Gasteiger charge is 2.15. The fourth-order valence-electron chi connectivity index (χ4n) is 1.26. The zero-order valence-electron chi connectivity index (χ0n) is 10.4. The second-order valence-corrected chi connectivity index (χ2v) is 3.56. The van der Waals surface area contributed by atoms with Gasteiger partial charge in [-0.15, -0.1) is 0 Å². The summed E-state index contributed by atoms with van der Waals surface area (Å²) in [4.78, 5) is 21.0. The van der Waals surface area contributed by atoms with E-state index in [0.717, 1.165) is 18.2 Å². The molecule has 0 unspecified atom stereocenters. The Morgan fingerprint density at radius 2 is 2.21 bits per heavy atom. The predicted molar refractivity (Wildman–Crippen MR) is 64.3 cm³/mol. The summed E-state index contributed by atoms with van der Waals surface area (Å²) in [6, 6.07) is 2.99. The molecule has 1 rings (SSSR count). The van der Waals surface area contributed by atoms with Gasteiger partial charge >= 0.3 is 11.7 Å². The SMILES string of the molecule is COC(=O)C(C)=CCOc1ccc(F)cc1[N+](=O)[O-]. The first kappa shape index (κ1) is 14.6. The fourth-order valence-corrected chi connectivity index (χ4v) is 1.26. The van der Waals surface area contributed by atoms with Gasteiger partial charge in [0.15, 0.2) is 5.75 Å². The molecule has 0 aliphatic heterocycles. The van der Waals surface area contributed by atoms with Gasteiger partial charge in [-0.2, -0.15) is 0 Å². The van der Waals surface area contributed by atoms with Gasteiger partial charge in [0.2, 0.25) is 0 Å². The maximum Gasteiger partial charge on any atom is 0.333 e. The maximum atomic E-state index is 12.9. The summed E-state index contributed by atoms with van der Waals surface area (Å²) < 4.78 is 22.5. The van der Waals surface area contributed by atoms with Gasteiger partial charge < -0.3 is 9.47 Å². The molecule has 0 amide bonds. The monoisotopic (exact) mass is 269 g/mol. The van der Waals surface area contributed by atoms with Crippen LogP contribution in [0, 0.1) is 15.9 Å². The van der Waals surface area contributed by atoms with E-state index >= 15 is 0 Å². The number of nitro benzene ring substituents is 1. The summed E-state index contributed by atoms with van der Waals surface area (Å²) in [5.74, 6) is -1.31. The van der Waals surface area contributed by atoms with E-state index in [1.807, 2.05) is 0 Å². The van der Waals surface area contributed by atoms with E-state index in [2.05, 4.69) is 4.74 Å². The molecule has 0 N–H and O–H groups in total. The predicted octanol–water partition coefficient (Wildman–Crippen LogP) is 2.23. The molecule has 0 saturated carbocycles. The number of benzene rings is 1. The highest BCUT2D eigenvalue weighted by atomic mass is 19.1. The van der Waals surface area contributed by atoms with E-state index in [4.69, 9.17) is 4.74 Å². The van der Waals surface area contributed by atoms with E-state index in [9.17, 15) is 19.3 Å². The Labute approximate surface area is 108 Å². The van der Waals surface area contributed by atoms with Crippen LogP contribution in [0.2, 0.25) is 0 Å². The fraction of sp³-hybridized carbons (Fsp3) is 0.250. The molecule has 0 heterocycles. The number of carbonyl (C=O) groups excluding carboxylic acids is 1. The molecular weight excluding hydrogens is 257 g/mol.